The van der Waals surface area contributed by atoms with Crippen molar-refractivity contribution in [2.75, 3.05) is 14.2 Å². The van der Waals surface area contributed by atoms with Crippen LogP contribution in [0.15, 0.2) is 46.9 Å². The summed E-state index contributed by atoms with van der Waals surface area (Å²) in [6.45, 7) is 22.9. The average Bonchev–Trinajstić information content (AvgIpc) is 3.45. The molecule has 2 aliphatic rings. The second kappa shape index (κ2) is 13.2. The minimum absolute atomic E-state index is 0.129. The number of hydrogen-bond donors (Lipinski definition) is 0. The largest absolute Gasteiger partial charge is 0.376 e. The smallest absolute Gasteiger partial charge is 0.0852 e. The van der Waals surface area contributed by atoms with Gasteiger partial charge in [-0.2, -0.15) is 0 Å². The molecule has 43 heavy (non-hydrogen) atoms. The summed E-state index contributed by atoms with van der Waals surface area (Å²) in [6, 6.07) is 16.6. The Kier molecular flexibility index (Phi) is 10.4. The first-order valence-corrected chi connectivity index (χ1v) is 17.1. The predicted octanol–water partition coefficient (Wildman–Crippen LogP) is 11.3. The topological polar surface area (TPSA) is 18.5 Å². The predicted molar refractivity (Wildman–Crippen MR) is 187 cm³/mol. The van der Waals surface area contributed by atoms with Gasteiger partial charge >= 0.3 is 0 Å². The number of halogens is 1. The van der Waals surface area contributed by atoms with E-state index in [9.17, 15) is 0 Å². The van der Waals surface area contributed by atoms with Crippen molar-refractivity contribution in [2.24, 2.45) is 11.8 Å². The molecule has 4 atom stereocenters. The Hall–Kier alpha value is -1.94. The molecule has 5 rings (SSSR count). The highest BCUT2D eigenvalue weighted by Crippen LogP contribution is 2.45. The monoisotopic (exact) mass is 646 g/mol. The number of benzene rings is 3. The van der Waals surface area contributed by atoms with Crippen LogP contribution in [0.5, 0.6) is 0 Å². The zero-order chi connectivity index (χ0) is 31.9. The molecule has 234 valence electrons. The summed E-state index contributed by atoms with van der Waals surface area (Å²) in [5.74, 6) is 1.12. The van der Waals surface area contributed by atoms with Crippen LogP contribution in [0, 0.1) is 11.8 Å². The van der Waals surface area contributed by atoms with E-state index in [2.05, 4.69) is 128 Å². The van der Waals surface area contributed by atoms with E-state index < -0.39 is 0 Å². The third-order valence-corrected chi connectivity index (χ3v) is 10.3. The second-order valence-electron chi connectivity index (χ2n) is 15.0. The molecular formula is C40H55BrO2. The first-order chi connectivity index (χ1) is 20.1. The molecule has 0 N–H and O–H groups in total. The van der Waals surface area contributed by atoms with Gasteiger partial charge in [-0.1, -0.05) is 122 Å². The van der Waals surface area contributed by atoms with E-state index in [1.54, 1.807) is 0 Å². The molecular weight excluding hydrogens is 592 g/mol. The van der Waals surface area contributed by atoms with Crippen LogP contribution in [0.1, 0.15) is 126 Å². The Balaban J connectivity index is 0.000000237. The molecule has 3 heteroatoms. The number of fused-ring (bicyclic) bond motifs is 2. The van der Waals surface area contributed by atoms with Crippen molar-refractivity contribution in [3.8, 4) is 11.1 Å². The number of methoxy groups -OCH3 is 2. The van der Waals surface area contributed by atoms with Crippen LogP contribution >= 0.6 is 15.9 Å². The Morgan fingerprint density at radius 2 is 1.09 bits per heavy atom. The molecule has 2 aliphatic carbocycles. The van der Waals surface area contributed by atoms with Gasteiger partial charge in [-0.25, -0.2) is 0 Å². The van der Waals surface area contributed by atoms with Gasteiger partial charge in [0, 0.05) is 18.7 Å². The van der Waals surface area contributed by atoms with Crippen LogP contribution in [0.3, 0.4) is 0 Å². The number of ether oxygens (including phenoxy) is 2. The first kappa shape index (κ1) is 33.9. The van der Waals surface area contributed by atoms with Crippen molar-refractivity contribution >= 4 is 15.9 Å². The molecule has 4 unspecified atom stereocenters. The quantitative estimate of drug-likeness (QED) is 0.274. The summed E-state index contributed by atoms with van der Waals surface area (Å²) in [6.07, 6.45) is 4.85. The van der Waals surface area contributed by atoms with Gasteiger partial charge in [-0.15, -0.1) is 0 Å². The molecule has 0 bridgehead atoms. The lowest BCUT2D eigenvalue weighted by atomic mass is 9.78. The van der Waals surface area contributed by atoms with Gasteiger partial charge < -0.3 is 9.47 Å². The van der Waals surface area contributed by atoms with Crippen LogP contribution < -0.4 is 0 Å². The molecule has 0 aromatic heterocycles. The van der Waals surface area contributed by atoms with Crippen LogP contribution in [0.2, 0.25) is 0 Å². The van der Waals surface area contributed by atoms with E-state index in [0.29, 0.717) is 11.8 Å². The summed E-state index contributed by atoms with van der Waals surface area (Å²) in [5, 5.41) is 0. The van der Waals surface area contributed by atoms with Crippen LogP contribution in [0.25, 0.3) is 11.1 Å². The highest BCUT2D eigenvalue weighted by molar-refractivity contribution is 9.10. The van der Waals surface area contributed by atoms with Gasteiger partial charge in [0.1, 0.15) is 0 Å². The van der Waals surface area contributed by atoms with E-state index in [1.807, 2.05) is 14.2 Å². The van der Waals surface area contributed by atoms with E-state index in [1.165, 1.54) is 60.1 Å². The summed E-state index contributed by atoms with van der Waals surface area (Å²) >= 11 is 3.67. The summed E-state index contributed by atoms with van der Waals surface area (Å²) in [4.78, 5) is 0. The Morgan fingerprint density at radius 3 is 1.53 bits per heavy atom. The van der Waals surface area contributed by atoms with Crippen molar-refractivity contribution in [3.63, 3.8) is 0 Å². The SMILES string of the molecule is CCc1cc(-c2cc(C(C)(C)C)cc(C(C)(C)C)c2)c2c(c1)C(OC)C(C)C2.CCc1cc(Br)c2c(c1)C(OC)C(C)C2. The summed E-state index contributed by atoms with van der Waals surface area (Å²) in [7, 11) is 3.66. The number of rotatable bonds is 5. The van der Waals surface area contributed by atoms with E-state index in [-0.39, 0.29) is 23.0 Å². The standard InChI is InChI=1S/C27H38O.C13H17BrO/c1-10-18-12-22(23-11-17(2)25(28-9)24(23)13-18)19-14-20(26(3,4)5)16-21(15-19)27(6,7)8;1-4-9-6-11-10(12(14)7-9)5-8(2)13(11)15-3/h12-17,25H,10-11H2,1-9H3;6-8,13H,4-5H2,1-3H3. The molecule has 2 nitrogen and oxygen atoms in total. The van der Waals surface area contributed by atoms with E-state index >= 15 is 0 Å². The zero-order valence-electron chi connectivity index (χ0n) is 28.9. The van der Waals surface area contributed by atoms with Crippen molar-refractivity contribution < 1.29 is 9.47 Å². The van der Waals surface area contributed by atoms with E-state index in [0.717, 1.165) is 25.7 Å². The van der Waals surface area contributed by atoms with Gasteiger partial charge in [0.25, 0.3) is 0 Å². The lowest BCUT2D eigenvalue weighted by molar-refractivity contribution is 0.0694. The molecule has 0 spiro atoms. The van der Waals surface area contributed by atoms with Crippen molar-refractivity contribution in [1.29, 1.82) is 0 Å². The Bertz CT molecular complexity index is 1410. The fourth-order valence-corrected chi connectivity index (χ4v) is 7.61. The fraction of sp³-hybridized carbons (Fsp3) is 0.550. The van der Waals surface area contributed by atoms with Crippen LogP contribution in [-0.4, -0.2) is 14.2 Å². The Labute approximate surface area is 271 Å². The maximum Gasteiger partial charge on any atom is 0.0852 e. The van der Waals surface area contributed by atoms with Gasteiger partial charge in [0.15, 0.2) is 0 Å². The van der Waals surface area contributed by atoms with Crippen LogP contribution in [-0.2, 0) is 46.0 Å². The molecule has 3 aromatic carbocycles. The third kappa shape index (κ3) is 7.15. The molecule has 0 radical (unpaired) electrons. The normalized spacial score (nSPS) is 21.3. The molecule has 0 fully saturated rings. The van der Waals surface area contributed by atoms with Crippen molar-refractivity contribution in [3.05, 3.63) is 91.4 Å². The fourth-order valence-electron chi connectivity index (χ4n) is 6.93. The van der Waals surface area contributed by atoms with E-state index in [4.69, 9.17) is 9.47 Å². The minimum Gasteiger partial charge on any atom is -0.376 e. The average molecular weight is 648 g/mol. The first-order valence-electron chi connectivity index (χ1n) is 16.3. The lowest BCUT2D eigenvalue weighted by Crippen LogP contribution is -2.16. The second-order valence-corrected chi connectivity index (χ2v) is 15.9. The van der Waals surface area contributed by atoms with Gasteiger partial charge in [-0.3, -0.25) is 0 Å². The molecule has 0 heterocycles. The van der Waals surface area contributed by atoms with Crippen LogP contribution in [0.4, 0.5) is 0 Å². The Morgan fingerprint density at radius 1 is 0.651 bits per heavy atom. The summed E-state index contributed by atoms with van der Waals surface area (Å²) < 4.78 is 12.7. The molecule has 3 aromatic rings. The molecule has 0 aliphatic heterocycles. The van der Waals surface area contributed by atoms with Gasteiger partial charge in [0.05, 0.1) is 12.2 Å². The number of hydrogen-bond acceptors (Lipinski definition) is 2. The maximum atomic E-state index is 5.90. The van der Waals surface area contributed by atoms with Gasteiger partial charge in [-0.05, 0) is 110 Å². The van der Waals surface area contributed by atoms with Crippen molar-refractivity contribution in [1.82, 2.24) is 0 Å². The highest BCUT2D eigenvalue weighted by Gasteiger charge is 2.33. The molecule has 0 amide bonds. The highest BCUT2D eigenvalue weighted by atomic mass is 79.9. The maximum absolute atomic E-state index is 5.90. The van der Waals surface area contributed by atoms with Gasteiger partial charge in [0.2, 0.25) is 0 Å². The molecule has 0 saturated carbocycles. The number of aryl methyl sites for hydroxylation is 2. The molecule has 0 saturated heterocycles. The lowest BCUT2D eigenvalue weighted by Gasteiger charge is -2.27. The minimum atomic E-state index is 0.129. The zero-order valence-corrected chi connectivity index (χ0v) is 30.5. The van der Waals surface area contributed by atoms with Crippen molar-refractivity contribution in [2.45, 2.75) is 118 Å². The third-order valence-electron chi connectivity index (χ3n) is 9.63. The summed E-state index contributed by atoms with van der Waals surface area (Å²) in [5.41, 5.74) is 14.4.